The van der Waals surface area contributed by atoms with Gasteiger partial charge in [-0.25, -0.2) is 4.79 Å². The van der Waals surface area contributed by atoms with E-state index in [2.05, 4.69) is 21.2 Å². The molecule has 1 aliphatic carbocycles. The van der Waals surface area contributed by atoms with Crippen LogP contribution in [0.3, 0.4) is 0 Å². The van der Waals surface area contributed by atoms with Crippen LogP contribution in [0.5, 0.6) is 0 Å². The second-order valence-electron chi connectivity index (χ2n) is 3.98. The Morgan fingerprint density at radius 2 is 2.50 bits per heavy atom. The molecule has 1 atom stereocenters. The number of carbonyl (C=O) groups is 1. The van der Waals surface area contributed by atoms with Crippen molar-refractivity contribution < 1.29 is 9.53 Å². The van der Waals surface area contributed by atoms with Gasteiger partial charge < -0.3 is 4.74 Å². The summed E-state index contributed by atoms with van der Waals surface area (Å²) in [4.78, 5) is 12.7. The quantitative estimate of drug-likeness (QED) is 0.850. The number of rotatable bonds is 5. The molecule has 88 valence electrons. The van der Waals surface area contributed by atoms with E-state index in [9.17, 15) is 4.79 Å². The molecule has 5 heteroatoms. The highest BCUT2D eigenvalue weighted by Gasteiger charge is 2.27. The average molecular weight is 304 g/mol. The van der Waals surface area contributed by atoms with Crippen molar-refractivity contribution in [3.63, 3.8) is 0 Å². The molecule has 1 fully saturated rings. The molecule has 0 spiro atoms. The summed E-state index contributed by atoms with van der Waals surface area (Å²) in [5, 5.41) is 5.25. The summed E-state index contributed by atoms with van der Waals surface area (Å²) in [6.07, 6.45) is 2.55. The maximum absolute atomic E-state index is 11.7. The molecule has 0 aromatic carbocycles. The third-order valence-electron chi connectivity index (χ3n) is 2.62. The Balaban J connectivity index is 2.03. The van der Waals surface area contributed by atoms with E-state index in [1.165, 1.54) is 20.0 Å². The van der Waals surface area contributed by atoms with Gasteiger partial charge in [-0.1, -0.05) is 0 Å². The number of ether oxygens (including phenoxy) is 1. The minimum Gasteiger partial charge on any atom is -0.468 e. The number of hydrogen-bond acceptors (Lipinski definition) is 4. The topological polar surface area (TPSA) is 38.3 Å². The van der Waals surface area contributed by atoms with Crippen molar-refractivity contribution in [1.82, 2.24) is 5.32 Å². The Morgan fingerprint density at radius 1 is 1.75 bits per heavy atom. The summed E-state index contributed by atoms with van der Waals surface area (Å²) in [6, 6.07) is 1.65. The van der Waals surface area contributed by atoms with Crippen LogP contribution in [0.15, 0.2) is 15.9 Å². The Kier molecular flexibility index (Phi) is 4.00. The van der Waals surface area contributed by atoms with Gasteiger partial charge in [0.05, 0.1) is 7.11 Å². The van der Waals surface area contributed by atoms with E-state index >= 15 is 0 Å². The highest BCUT2D eigenvalue weighted by atomic mass is 79.9. The highest BCUT2D eigenvalue weighted by Crippen LogP contribution is 2.30. The summed E-state index contributed by atoms with van der Waals surface area (Å²) < 4.78 is 5.83. The van der Waals surface area contributed by atoms with E-state index in [1.54, 1.807) is 11.3 Å². The van der Waals surface area contributed by atoms with E-state index in [0.29, 0.717) is 0 Å². The minimum atomic E-state index is -0.318. The van der Waals surface area contributed by atoms with Crippen LogP contribution >= 0.6 is 27.3 Å². The Morgan fingerprint density at radius 3 is 3.00 bits per heavy atom. The molecule has 3 nitrogen and oxygen atoms in total. The molecule has 1 aromatic heterocycles. The third-order valence-corrected chi connectivity index (χ3v) is 4.38. The van der Waals surface area contributed by atoms with Gasteiger partial charge in [0.2, 0.25) is 0 Å². The summed E-state index contributed by atoms with van der Waals surface area (Å²) in [5.41, 5.74) is 0. The van der Waals surface area contributed by atoms with Crippen LogP contribution in [0.2, 0.25) is 0 Å². The van der Waals surface area contributed by atoms with E-state index in [4.69, 9.17) is 4.74 Å². The molecule has 1 aromatic rings. The lowest BCUT2D eigenvalue weighted by Crippen LogP contribution is -2.30. The second kappa shape index (κ2) is 5.29. The SMILES string of the molecule is COC(=O)C(NCC1CC1)c1cc(Br)cs1. The first kappa shape index (κ1) is 12.1. The molecular formula is C11H14BrNO2S. The largest absolute Gasteiger partial charge is 0.468 e. The van der Waals surface area contributed by atoms with Gasteiger partial charge in [-0.05, 0) is 47.3 Å². The fourth-order valence-corrected chi connectivity index (χ4v) is 3.01. The van der Waals surface area contributed by atoms with Crippen molar-refractivity contribution in [3.8, 4) is 0 Å². The maximum Gasteiger partial charge on any atom is 0.328 e. The van der Waals surface area contributed by atoms with E-state index in [0.717, 1.165) is 21.8 Å². The van der Waals surface area contributed by atoms with Gasteiger partial charge in [0, 0.05) is 14.7 Å². The van der Waals surface area contributed by atoms with Gasteiger partial charge in [-0.2, -0.15) is 0 Å². The Labute approximate surface area is 107 Å². The van der Waals surface area contributed by atoms with Crippen LogP contribution in [0.4, 0.5) is 0 Å². The van der Waals surface area contributed by atoms with E-state index in [1.807, 2.05) is 11.4 Å². The van der Waals surface area contributed by atoms with Gasteiger partial charge >= 0.3 is 5.97 Å². The molecule has 1 saturated carbocycles. The van der Waals surface area contributed by atoms with Crippen LogP contribution < -0.4 is 5.32 Å². The Hall–Kier alpha value is -0.390. The molecule has 1 aliphatic rings. The van der Waals surface area contributed by atoms with Gasteiger partial charge in [0.1, 0.15) is 6.04 Å². The first-order chi connectivity index (χ1) is 7.70. The zero-order valence-electron chi connectivity index (χ0n) is 9.03. The van der Waals surface area contributed by atoms with Gasteiger partial charge in [-0.15, -0.1) is 11.3 Å². The lowest BCUT2D eigenvalue weighted by atomic mass is 10.2. The zero-order chi connectivity index (χ0) is 11.5. The fraction of sp³-hybridized carbons (Fsp3) is 0.545. The average Bonchev–Trinajstić information content (AvgIpc) is 3.01. The minimum absolute atomic E-state index is 0.213. The summed E-state index contributed by atoms with van der Waals surface area (Å²) in [5.74, 6) is 0.533. The van der Waals surface area contributed by atoms with Crippen molar-refractivity contribution in [2.24, 2.45) is 5.92 Å². The van der Waals surface area contributed by atoms with Gasteiger partial charge in [0.25, 0.3) is 0 Å². The molecule has 0 saturated heterocycles. The van der Waals surface area contributed by atoms with Gasteiger partial charge in [-0.3, -0.25) is 5.32 Å². The second-order valence-corrected chi connectivity index (χ2v) is 5.83. The predicted octanol–water partition coefficient (Wildman–Crippen LogP) is 2.72. The first-order valence-electron chi connectivity index (χ1n) is 5.26. The molecule has 1 unspecified atom stereocenters. The molecular weight excluding hydrogens is 290 g/mol. The Bertz CT molecular complexity index is 376. The van der Waals surface area contributed by atoms with Crippen LogP contribution in [0.25, 0.3) is 0 Å². The number of hydrogen-bond donors (Lipinski definition) is 1. The van der Waals surface area contributed by atoms with Gasteiger partial charge in [0.15, 0.2) is 0 Å². The number of thiophene rings is 1. The van der Waals surface area contributed by atoms with Crippen LogP contribution in [0, 0.1) is 5.92 Å². The van der Waals surface area contributed by atoms with Crippen LogP contribution in [-0.2, 0) is 9.53 Å². The van der Waals surface area contributed by atoms with E-state index < -0.39 is 0 Å². The number of nitrogens with one attached hydrogen (secondary N) is 1. The van der Waals surface area contributed by atoms with Crippen molar-refractivity contribution in [2.75, 3.05) is 13.7 Å². The molecule has 2 rings (SSSR count). The maximum atomic E-state index is 11.7. The van der Waals surface area contributed by atoms with E-state index in [-0.39, 0.29) is 12.0 Å². The van der Waals surface area contributed by atoms with Crippen molar-refractivity contribution >= 4 is 33.2 Å². The molecule has 0 aliphatic heterocycles. The zero-order valence-corrected chi connectivity index (χ0v) is 11.4. The van der Waals surface area contributed by atoms with Crippen molar-refractivity contribution in [1.29, 1.82) is 0 Å². The van der Waals surface area contributed by atoms with Crippen molar-refractivity contribution in [3.05, 3.63) is 20.8 Å². The summed E-state index contributed by atoms with van der Waals surface area (Å²) in [7, 11) is 1.43. The van der Waals surface area contributed by atoms with Crippen molar-refractivity contribution in [2.45, 2.75) is 18.9 Å². The number of esters is 1. The molecule has 0 bridgehead atoms. The summed E-state index contributed by atoms with van der Waals surface area (Å²) in [6.45, 7) is 0.898. The molecule has 1 N–H and O–H groups in total. The molecule has 0 radical (unpaired) electrons. The fourth-order valence-electron chi connectivity index (χ4n) is 1.50. The first-order valence-corrected chi connectivity index (χ1v) is 6.93. The van der Waals surface area contributed by atoms with Crippen LogP contribution in [-0.4, -0.2) is 19.6 Å². The standard InChI is InChI=1S/C11H14BrNO2S/c1-15-11(14)10(13-5-7-2-3-7)9-4-8(12)6-16-9/h4,6-7,10,13H,2-3,5H2,1H3. The highest BCUT2D eigenvalue weighted by molar-refractivity contribution is 9.10. The number of methoxy groups -OCH3 is 1. The summed E-state index contributed by atoms with van der Waals surface area (Å²) >= 11 is 4.96. The molecule has 0 amide bonds. The number of halogens is 1. The molecule has 1 heterocycles. The smallest absolute Gasteiger partial charge is 0.328 e. The normalized spacial score (nSPS) is 17.1. The monoisotopic (exact) mass is 303 g/mol. The lowest BCUT2D eigenvalue weighted by Gasteiger charge is -2.14. The lowest BCUT2D eigenvalue weighted by molar-refractivity contribution is -0.143. The van der Waals surface area contributed by atoms with Crippen LogP contribution in [0.1, 0.15) is 23.8 Å². The molecule has 16 heavy (non-hydrogen) atoms. The predicted molar refractivity (Wildman–Crippen MR) is 67.5 cm³/mol. The number of carbonyl (C=O) groups excluding carboxylic acids is 1. The third kappa shape index (κ3) is 3.06.